The van der Waals surface area contributed by atoms with Crippen LogP contribution in [0.5, 0.6) is 5.75 Å². The number of allylic oxidation sites excluding steroid dienone is 4. The van der Waals surface area contributed by atoms with Crippen LogP contribution in [0, 0.1) is 11.3 Å². The van der Waals surface area contributed by atoms with Gasteiger partial charge in [-0.3, -0.25) is 10.4 Å². The highest BCUT2D eigenvalue weighted by Crippen LogP contribution is 2.27. The van der Waals surface area contributed by atoms with Gasteiger partial charge in [0.2, 0.25) is 0 Å². The third kappa shape index (κ3) is 5.10. The lowest BCUT2D eigenvalue weighted by molar-refractivity contribution is 0.272. The maximum atomic E-state index is 8.20. The molecule has 132 valence electrons. The molecule has 0 spiro atoms. The molecule has 0 fully saturated rings. The zero-order valence-electron chi connectivity index (χ0n) is 14.8. The number of ether oxygens (including phenoxy) is 1. The van der Waals surface area contributed by atoms with E-state index < -0.39 is 0 Å². The minimum Gasteiger partial charge on any atom is -0.493 e. The molecule has 2 rings (SSSR count). The molecular weight excluding hydrogens is 330 g/mol. The molecule has 3 N–H and O–H groups in total. The van der Waals surface area contributed by atoms with E-state index in [4.69, 9.17) is 15.9 Å². The number of hydrogen-bond donors (Lipinski definition) is 2. The number of benzene rings is 1. The summed E-state index contributed by atoms with van der Waals surface area (Å²) in [5.41, 5.74) is 8.52. The van der Waals surface area contributed by atoms with Crippen molar-refractivity contribution in [3.8, 4) is 5.75 Å². The van der Waals surface area contributed by atoms with Crippen LogP contribution in [-0.2, 0) is 5.75 Å². The molecule has 0 saturated heterocycles. The Bertz CT molecular complexity index is 717. The highest BCUT2D eigenvalue weighted by molar-refractivity contribution is 8.03. The van der Waals surface area contributed by atoms with E-state index in [0.29, 0.717) is 29.6 Å². The molecule has 1 unspecified atom stereocenters. The molecule has 0 aliphatic heterocycles. The largest absolute Gasteiger partial charge is 0.493 e. The second-order valence-electron chi connectivity index (χ2n) is 5.75. The Morgan fingerprint density at radius 3 is 2.64 bits per heavy atom. The Hall–Kier alpha value is -2.27. The monoisotopic (exact) mass is 355 g/mol. The van der Waals surface area contributed by atoms with Crippen molar-refractivity contribution in [2.45, 2.75) is 19.1 Å². The van der Waals surface area contributed by atoms with E-state index in [1.54, 1.807) is 18.8 Å². The van der Waals surface area contributed by atoms with Crippen LogP contribution in [0.15, 0.2) is 64.7 Å². The van der Waals surface area contributed by atoms with Crippen LogP contribution >= 0.6 is 11.8 Å². The van der Waals surface area contributed by atoms with Gasteiger partial charge in [-0.05, 0) is 36.3 Å². The van der Waals surface area contributed by atoms with E-state index in [-0.39, 0.29) is 0 Å². The Kier molecular flexibility index (Phi) is 7.07. The average Bonchev–Trinajstić information content (AvgIpc) is 2.63. The first kappa shape index (κ1) is 19.1. The molecule has 1 aromatic carbocycles. The lowest BCUT2D eigenvalue weighted by Crippen LogP contribution is -2.24. The van der Waals surface area contributed by atoms with Crippen molar-refractivity contribution in [3.05, 3.63) is 65.2 Å². The first-order chi connectivity index (χ1) is 12.1. The summed E-state index contributed by atoms with van der Waals surface area (Å²) in [6.07, 6.45) is 6.66. The van der Waals surface area contributed by atoms with Gasteiger partial charge in [-0.15, -0.1) is 18.3 Å². The van der Waals surface area contributed by atoms with Crippen LogP contribution in [0.4, 0.5) is 0 Å². The van der Waals surface area contributed by atoms with Gasteiger partial charge in [0.05, 0.1) is 18.0 Å². The summed E-state index contributed by atoms with van der Waals surface area (Å²) in [6.45, 7) is 6.61. The SMILES string of the molecule is C=CC(CC)COc1ccc(CSC2=CC=C(N)C(=NC)C2=N)cc1. The molecule has 4 nitrogen and oxygen atoms in total. The number of aliphatic imine (C=N–C) groups is 1. The molecule has 0 aromatic heterocycles. The fourth-order valence-corrected chi connectivity index (χ4v) is 3.27. The summed E-state index contributed by atoms with van der Waals surface area (Å²) < 4.78 is 5.80. The highest BCUT2D eigenvalue weighted by atomic mass is 32.2. The first-order valence-corrected chi connectivity index (χ1v) is 9.28. The molecule has 0 heterocycles. The number of nitrogens with two attached hydrogens (primary N) is 1. The molecule has 0 saturated carbocycles. The van der Waals surface area contributed by atoms with Gasteiger partial charge in [0, 0.05) is 23.6 Å². The van der Waals surface area contributed by atoms with E-state index in [1.807, 2.05) is 30.4 Å². The van der Waals surface area contributed by atoms with Crippen molar-refractivity contribution in [1.82, 2.24) is 0 Å². The van der Waals surface area contributed by atoms with E-state index in [2.05, 4.69) is 30.6 Å². The predicted molar refractivity (Wildman–Crippen MR) is 109 cm³/mol. The molecule has 1 aromatic rings. The van der Waals surface area contributed by atoms with E-state index in [1.165, 1.54) is 5.56 Å². The summed E-state index contributed by atoms with van der Waals surface area (Å²) in [5.74, 6) is 2.04. The first-order valence-electron chi connectivity index (χ1n) is 8.30. The van der Waals surface area contributed by atoms with Crippen LogP contribution in [0.3, 0.4) is 0 Å². The zero-order valence-corrected chi connectivity index (χ0v) is 15.6. The smallest absolute Gasteiger partial charge is 0.119 e. The molecule has 1 aliphatic carbocycles. The Balaban J connectivity index is 1.92. The number of nitrogens with one attached hydrogen (secondary N) is 1. The number of thioether (sulfide) groups is 1. The van der Waals surface area contributed by atoms with Crippen LogP contribution in [0.25, 0.3) is 0 Å². The summed E-state index contributed by atoms with van der Waals surface area (Å²) in [5, 5.41) is 8.20. The molecule has 0 amide bonds. The van der Waals surface area contributed by atoms with E-state index in [0.717, 1.165) is 22.8 Å². The second-order valence-corrected chi connectivity index (χ2v) is 6.76. The van der Waals surface area contributed by atoms with Crippen molar-refractivity contribution < 1.29 is 4.74 Å². The van der Waals surface area contributed by atoms with Gasteiger partial charge >= 0.3 is 0 Å². The second kappa shape index (κ2) is 9.28. The molecule has 0 bridgehead atoms. The normalized spacial score (nSPS) is 17.0. The van der Waals surface area contributed by atoms with Crippen molar-refractivity contribution in [2.24, 2.45) is 16.6 Å². The maximum absolute atomic E-state index is 8.20. The topological polar surface area (TPSA) is 71.5 Å². The van der Waals surface area contributed by atoms with Crippen LogP contribution in [0.2, 0.25) is 0 Å². The van der Waals surface area contributed by atoms with E-state index >= 15 is 0 Å². The maximum Gasteiger partial charge on any atom is 0.119 e. The summed E-state index contributed by atoms with van der Waals surface area (Å²) >= 11 is 1.61. The summed E-state index contributed by atoms with van der Waals surface area (Å²) in [4.78, 5) is 4.98. The van der Waals surface area contributed by atoms with Crippen molar-refractivity contribution in [2.75, 3.05) is 13.7 Å². The predicted octanol–water partition coefficient (Wildman–Crippen LogP) is 4.34. The summed E-state index contributed by atoms with van der Waals surface area (Å²) in [6, 6.07) is 8.10. The standard InChI is InChI=1S/C20H25N3OS/c1-4-14(5-2)12-24-16-8-6-15(7-9-16)13-25-18-11-10-17(21)20(23-3)19(18)22/h4,6-11,14,22H,1,5,12-13,21H2,2-3H3. The number of nitrogens with zero attached hydrogens (tertiary/aromatic N) is 1. The minimum absolute atomic E-state index is 0.384. The van der Waals surface area contributed by atoms with Crippen molar-refractivity contribution in [1.29, 1.82) is 5.41 Å². The fraction of sp³-hybridized carbons (Fsp3) is 0.300. The van der Waals surface area contributed by atoms with Crippen LogP contribution in [-0.4, -0.2) is 25.1 Å². The Labute approximate surface area is 154 Å². The lowest BCUT2D eigenvalue weighted by atomic mass is 10.1. The third-order valence-corrected chi connectivity index (χ3v) is 5.16. The molecule has 0 radical (unpaired) electrons. The van der Waals surface area contributed by atoms with Gasteiger partial charge in [0.25, 0.3) is 0 Å². The zero-order chi connectivity index (χ0) is 18.2. The van der Waals surface area contributed by atoms with Gasteiger partial charge in [-0.25, -0.2) is 0 Å². The molecule has 25 heavy (non-hydrogen) atoms. The Morgan fingerprint density at radius 1 is 1.32 bits per heavy atom. The molecule has 5 heteroatoms. The van der Waals surface area contributed by atoms with E-state index in [9.17, 15) is 0 Å². The fourth-order valence-electron chi connectivity index (χ4n) is 2.35. The van der Waals surface area contributed by atoms with Crippen LogP contribution < -0.4 is 10.5 Å². The number of rotatable bonds is 8. The lowest BCUT2D eigenvalue weighted by Gasteiger charge is -2.15. The molecule has 1 aliphatic rings. The quantitative estimate of drug-likeness (QED) is 0.538. The minimum atomic E-state index is 0.384. The van der Waals surface area contributed by atoms with Gasteiger partial charge in [0.15, 0.2) is 0 Å². The van der Waals surface area contributed by atoms with Crippen LogP contribution in [0.1, 0.15) is 18.9 Å². The van der Waals surface area contributed by atoms with Gasteiger partial charge < -0.3 is 10.5 Å². The van der Waals surface area contributed by atoms with Crippen molar-refractivity contribution >= 4 is 23.2 Å². The van der Waals surface area contributed by atoms with Crippen molar-refractivity contribution in [3.63, 3.8) is 0 Å². The average molecular weight is 356 g/mol. The van der Waals surface area contributed by atoms with Gasteiger partial charge in [-0.2, -0.15) is 0 Å². The molecule has 1 atom stereocenters. The van der Waals surface area contributed by atoms with Gasteiger partial charge in [-0.1, -0.05) is 25.1 Å². The Morgan fingerprint density at radius 2 is 2.04 bits per heavy atom. The highest BCUT2D eigenvalue weighted by Gasteiger charge is 2.18. The summed E-state index contributed by atoms with van der Waals surface area (Å²) in [7, 11) is 1.66. The third-order valence-electron chi connectivity index (χ3n) is 4.03. The number of hydrogen-bond acceptors (Lipinski definition) is 5. The molecular formula is C20H25N3OS. The van der Waals surface area contributed by atoms with Gasteiger partial charge in [0.1, 0.15) is 11.5 Å².